The van der Waals surface area contributed by atoms with E-state index in [0.29, 0.717) is 12.1 Å². The third-order valence-electron chi connectivity index (χ3n) is 3.92. The number of likely N-dealkylation sites (tertiary alicyclic amines) is 1. The Morgan fingerprint density at radius 3 is 2.63 bits per heavy atom. The second-order valence-electron chi connectivity index (χ2n) is 7.01. The van der Waals surface area contributed by atoms with Crippen LogP contribution in [0.3, 0.4) is 0 Å². The van der Waals surface area contributed by atoms with Gasteiger partial charge in [0.05, 0.1) is 12.7 Å². The van der Waals surface area contributed by atoms with Crippen LogP contribution in [0.2, 0.25) is 0 Å². The first-order valence-corrected chi connectivity index (χ1v) is 7.99. The zero-order valence-electron chi connectivity index (χ0n) is 13.7. The van der Waals surface area contributed by atoms with E-state index in [4.69, 9.17) is 4.74 Å². The molecule has 0 bridgehead atoms. The number of hydrogen-bond acceptors (Lipinski definition) is 3. The molecule has 1 N–H and O–H groups in total. The summed E-state index contributed by atoms with van der Waals surface area (Å²) in [5.41, 5.74) is 0.178. The lowest BCUT2D eigenvalue weighted by Gasteiger charge is -2.34. The molecule has 1 aliphatic heterocycles. The molecule has 0 spiro atoms. The fourth-order valence-electron chi connectivity index (χ4n) is 2.59. The van der Waals surface area contributed by atoms with E-state index in [1.54, 1.807) is 0 Å². The molecule has 0 aromatic carbocycles. The number of piperidine rings is 1. The van der Waals surface area contributed by atoms with Crippen LogP contribution in [-0.2, 0) is 4.74 Å². The fourth-order valence-corrected chi connectivity index (χ4v) is 2.59. The predicted octanol–water partition coefficient (Wildman–Crippen LogP) is 3.04. The second kappa shape index (κ2) is 8.23. The molecule has 0 aliphatic carbocycles. The summed E-state index contributed by atoms with van der Waals surface area (Å²) in [7, 11) is 2.23. The predicted molar refractivity (Wildman–Crippen MR) is 82.7 cm³/mol. The van der Waals surface area contributed by atoms with Crippen LogP contribution in [0.4, 0.5) is 0 Å². The quantitative estimate of drug-likeness (QED) is 0.769. The summed E-state index contributed by atoms with van der Waals surface area (Å²) in [6.07, 6.45) is 6.70. The van der Waals surface area contributed by atoms with Crippen LogP contribution in [0.25, 0.3) is 0 Å². The van der Waals surface area contributed by atoms with E-state index in [9.17, 15) is 0 Å². The average Bonchev–Trinajstić information content (AvgIpc) is 2.33. The SMILES string of the molecule is CCCC(CNC(C)(C)C)OCC1CCCCN1C. The van der Waals surface area contributed by atoms with Crippen molar-refractivity contribution < 1.29 is 4.74 Å². The Labute approximate surface area is 120 Å². The molecule has 0 aromatic rings. The average molecular weight is 270 g/mol. The highest BCUT2D eigenvalue weighted by Gasteiger charge is 2.21. The zero-order valence-corrected chi connectivity index (χ0v) is 13.7. The first kappa shape index (κ1) is 16.9. The minimum Gasteiger partial charge on any atom is -0.375 e. The normalized spacial score (nSPS) is 23.5. The van der Waals surface area contributed by atoms with Crippen molar-refractivity contribution in [2.75, 3.05) is 26.7 Å². The molecular weight excluding hydrogens is 236 g/mol. The summed E-state index contributed by atoms with van der Waals surface area (Å²) >= 11 is 0. The van der Waals surface area contributed by atoms with Crippen LogP contribution in [-0.4, -0.2) is 49.3 Å². The van der Waals surface area contributed by atoms with Gasteiger partial charge < -0.3 is 15.0 Å². The molecule has 3 nitrogen and oxygen atoms in total. The van der Waals surface area contributed by atoms with Crippen molar-refractivity contribution in [3.05, 3.63) is 0 Å². The molecular formula is C16H34N2O. The van der Waals surface area contributed by atoms with Crippen LogP contribution in [0.1, 0.15) is 59.8 Å². The maximum atomic E-state index is 6.18. The monoisotopic (exact) mass is 270 g/mol. The van der Waals surface area contributed by atoms with E-state index in [2.05, 4.69) is 45.0 Å². The number of ether oxygens (including phenoxy) is 1. The second-order valence-corrected chi connectivity index (χ2v) is 7.01. The number of nitrogens with one attached hydrogen (secondary N) is 1. The Balaban J connectivity index is 2.31. The Hall–Kier alpha value is -0.120. The van der Waals surface area contributed by atoms with E-state index >= 15 is 0 Å². The van der Waals surface area contributed by atoms with Gasteiger partial charge >= 0.3 is 0 Å². The molecule has 0 radical (unpaired) electrons. The number of rotatable bonds is 7. The van der Waals surface area contributed by atoms with E-state index in [1.807, 2.05) is 0 Å². The smallest absolute Gasteiger partial charge is 0.0700 e. The molecule has 1 heterocycles. The van der Waals surface area contributed by atoms with Crippen LogP contribution in [0.5, 0.6) is 0 Å². The van der Waals surface area contributed by atoms with Crippen molar-refractivity contribution in [3.63, 3.8) is 0 Å². The third kappa shape index (κ3) is 7.28. The molecule has 0 saturated carbocycles. The largest absolute Gasteiger partial charge is 0.375 e. The van der Waals surface area contributed by atoms with Crippen molar-refractivity contribution in [1.82, 2.24) is 10.2 Å². The Morgan fingerprint density at radius 1 is 1.32 bits per heavy atom. The fraction of sp³-hybridized carbons (Fsp3) is 1.00. The number of likely N-dealkylation sites (N-methyl/N-ethyl adjacent to an activating group) is 1. The van der Waals surface area contributed by atoms with Gasteiger partial charge in [-0.15, -0.1) is 0 Å². The van der Waals surface area contributed by atoms with Crippen molar-refractivity contribution >= 4 is 0 Å². The third-order valence-corrected chi connectivity index (χ3v) is 3.92. The Kier molecular flexibility index (Phi) is 7.33. The Morgan fingerprint density at radius 2 is 2.05 bits per heavy atom. The van der Waals surface area contributed by atoms with Gasteiger partial charge in [-0.25, -0.2) is 0 Å². The summed E-state index contributed by atoms with van der Waals surface area (Å²) in [4.78, 5) is 2.46. The molecule has 19 heavy (non-hydrogen) atoms. The Bertz CT molecular complexity index is 237. The lowest BCUT2D eigenvalue weighted by Crippen LogP contribution is -2.44. The molecule has 0 amide bonds. The summed E-state index contributed by atoms with van der Waals surface area (Å²) in [6.45, 7) is 12.0. The van der Waals surface area contributed by atoms with Gasteiger partial charge in [0.25, 0.3) is 0 Å². The van der Waals surface area contributed by atoms with E-state index in [-0.39, 0.29) is 5.54 Å². The van der Waals surface area contributed by atoms with Crippen molar-refractivity contribution in [2.24, 2.45) is 0 Å². The molecule has 114 valence electrons. The molecule has 1 saturated heterocycles. The van der Waals surface area contributed by atoms with Crippen LogP contribution < -0.4 is 5.32 Å². The van der Waals surface area contributed by atoms with Gasteiger partial charge in [0.15, 0.2) is 0 Å². The first-order valence-electron chi connectivity index (χ1n) is 7.99. The maximum Gasteiger partial charge on any atom is 0.0700 e. The summed E-state index contributed by atoms with van der Waals surface area (Å²) in [5, 5.41) is 3.57. The zero-order chi connectivity index (χ0) is 14.3. The van der Waals surface area contributed by atoms with Crippen LogP contribution in [0.15, 0.2) is 0 Å². The molecule has 1 fully saturated rings. The van der Waals surface area contributed by atoms with Gasteiger partial charge in [-0.05, 0) is 53.6 Å². The molecule has 3 heteroatoms. The highest BCUT2D eigenvalue weighted by Crippen LogP contribution is 2.16. The standard InChI is InChI=1S/C16H34N2O/c1-6-9-15(12-17-16(2,3)4)19-13-14-10-7-8-11-18(14)5/h14-15,17H,6-13H2,1-5H3. The van der Waals surface area contributed by atoms with Gasteiger partial charge in [-0.2, -0.15) is 0 Å². The minimum atomic E-state index is 0.178. The molecule has 2 unspecified atom stereocenters. The minimum absolute atomic E-state index is 0.178. The molecule has 1 rings (SSSR count). The van der Waals surface area contributed by atoms with E-state index in [1.165, 1.54) is 32.2 Å². The summed E-state index contributed by atoms with van der Waals surface area (Å²) < 4.78 is 6.18. The molecule has 2 atom stereocenters. The summed E-state index contributed by atoms with van der Waals surface area (Å²) in [6, 6.07) is 0.628. The van der Waals surface area contributed by atoms with Gasteiger partial charge in [0.2, 0.25) is 0 Å². The lowest BCUT2D eigenvalue weighted by atomic mass is 10.0. The maximum absolute atomic E-state index is 6.18. The first-order chi connectivity index (χ1) is 8.92. The number of nitrogens with zero attached hydrogens (tertiary/aromatic N) is 1. The van der Waals surface area contributed by atoms with Gasteiger partial charge in [-0.1, -0.05) is 19.8 Å². The highest BCUT2D eigenvalue weighted by atomic mass is 16.5. The van der Waals surface area contributed by atoms with E-state index < -0.39 is 0 Å². The highest BCUT2D eigenvalue weighted by molar-refractivity contribution is 4.76. The van der Waals surface area contributed by atoms with Gasteiger partial charge in [0.1, 0.15) is 0 Å². The lowest BCUT2D eigenvalue weighted by molar-refractivity contribution is -0.00194. The molecule has 0 aromatic heterocycles. The van der Waals surface area contributed by atoms with Crippen LogP contribution >= 0.6 is 0 Å². The number of hydrogen-bond donors (Lipinski definition) is 1. The van der Waals surface area contributed by atoms with E-state index in [0.717, 1.165) is 19.6 Å². The van der Waals surface area contributed by atoms with Gasteiger partial charge in [-0.3, -0.25) is 0 Å². The van der Waals surface area contributed by atoms with Crippen LogP contribution in [0, 0.1) is 0 Å². The van der Waals surface area contributed by atoms with Crippen molar-refractivity contribution in [2.45, 2.75) is 77.5 Å². The topological polar surface area (TPSA) is 24.5 Å². The van der Waals surface area contributed by atoms with Crippen molar-refractivity contribution in [3.8, 4) is 0 Å². The molecule has 1 aliphatic rings. The van der Waals surface area contributed by atoms with Crippen molar-refractivity contribution in [1.29, 1.82) is 0 Å². The van der Waals surface area contributed by atoms with Gasteiger partial charge in [0, 0.05) is 18.1 Å². The summed E-state index contributed by atoms with van der Waals surface area (Å²) in [5.74, 6) is 0.